The van der Waals surface area contributed by atoms with Crippen molar-refractivity contribution >= 4 is 11.6 Å². The van der Waals surface area contributed by atoms with Crippen LogP contribution in [0.5, 0.6) is 0 Å². The van der Waals surface area contributed by atoms with Gasteiger partial charge in [0.2, 0.25) is 0 Å². The van der Waals surface area contributed by atoms with Crippen LogP contribution >= 0.6 is 0 Å². The van der Waals surface area contributed by atoms with Crippen molar-refractivity contribution in [3.63, 3.8) is 0 Å². The van der Waals surface area contributed by atoms with Crippen molar-refractivity contribution < 1.29 is 0 Å². The van der Waals surface area contributed by atoms with Gasteiger partial charge in [-0.15, -0.1) is 0 Å². The maximum Gasteiger partial charge on any atom is 0.135 e. The van der Waals surface area contributed by atoms with Gasteiger partial charge >= 0.3 is 0 Å². The molecule has 21 heavy (non-hydrogen) atoms. The molecule has 0 fully saturated rings. The van der Waals surface area contributed by atoms with E-state index in [-0.39, 0.29) is 0 Å². The SMILES string of the molecule is CCCNc1ncnc(NCc2ncccc2C)c1CC. The Kier molecular flexibility index (Phi) is 5.49. The number of nitrogens with one attached hydrogen (secondary N) is 2. The van der Waals surface area contributed by atoms with Gasteiger partial charge in [-0.1, -0.05) is 19.9 Å². The molecule has 0 radical (unpaired) electrons. The molecule has 0 aliphatic rings. The number of pyridine rings is 1. The lowest BCUT2D eigenvalue weighted by molar-refractivity contribution is 0.938. The molecule has 0 saturated heterocycles. The first-order valence-electron chi connectivity index (χ1n) is 7.48. The van der Waals surface area contributed by atoms with Gasteiger partial charge in [-0.3, -0.25) is 4.98 Å². The molecule has 0 aliphatic carbocycles. The second-order valence-corrected chi connectivity index (χ2v) is 4.95. The highest BCUT2D eigenvalue weighted by atomic mass is 15.1. The molecule has 2 aromatic rings. The molecule has 5 nitrogen and oxygen atoms in total. The lowest BCUT2D eigenvalue weighted by atomic mass is 10.2. The van der Waals surface area contributed by atoms with E-state index in [1.807, 2.05) is 12.3 Å². The third-order valence-electron chi connectivity index (χ3n) is 3.38. The zero-order chi connectivity index (χ0) is 15.1. The minimum atomic E-state index is 0.671. The van der Waals surface area contributed by atoms with Gasteiger partial charge in [-0.05, 0) is 31.4 Å². The molecule has 2 N–H and O–H groups in total. The Morgan fingerprint density at radius 3 is 2.48 bits per heavy atom. The van der Waals surface area contributed by atoms with E-state index in [1.54, 1.807) is 6.33 Å². The van der Waals surface area contributed by atoms with Crippen molar-refractivity contribution in [1.82, 2.24) is 15.0 Å². The third kappa shape index (κ3) is 3.90. The fourth-order valence-electron chi connectivity index (χ4n) is 2.17. The van der Waals surface area contributed by atoms with Crippen LogP contribution in [0, 0.1) is 6.92 Å². The fraction of sp³-hybridized carbons (Fsp3) is 0.438. The first-order valence-corrected chi connectivity index (χ1v) is 7.48. The van der Waals surface area contributed by atoms with Crippen LogP contribution in [0.1, 0.15) is 37.1 Å². The van der Waals surface area contributed by atoms with Crippen LogP contribution in [0.2, 0.25) is 0 Å². The van der Waals surface area contributed by atoms with E-state index >= 15 is 0 Å². The van der Waals surface area contributed by atoms with Gasteiger partial charge in [0.25, 0.3) is 0 Å². The quantitative estimate of drug-likeness (QED) is 0.818. The van der Waals surface area contributed by atoms with E-state index < -0.39 is 0 Å². The molecule has 0 aromatic carbocycles. The van der Waals surface area contributed by atoms with E-state index in [9.17, 15) is 0 Å². The second kappa shape index (κ2) is 7.57. The largest absolute Gasteiger partial charge is 0.370 e. The zero-order valence-electron chi connectivity index (χ0n) is 13.0. The zero-order valence-corrected chi connectivity index (χ0v) is 13.0. The van der Waals surface area contributed by atoms with E-state index in [0.717, 1.165) is 42.3 Å². The van der Waals surface area contributed by atoms with Crippen LogP contribution in [-0.4, -0.2) is 21.5 Å². The predicted octanol–water partition coefficient (Wildman–Crippen LogP) is 3.18. The Morgan fingerprint density at radius 1 is 1.05 bits per heavy atom. The summed E-state index contributed by atoms with van der Waals surface area (Å²) in [5, 5.41) is 6.74. The third-order valence-corrected chi connectivity index (χ3v) is 3.38. The molecule has 2 rings (SSSR count). The van der Waals surface area contributed by atoms with Crippen LogP contribution in [0.15, 0.2) is 24.7 Å². The molecule has 0 amide bonds. The van der Waals surface area contributed by atoms with E-state index in [4.69, 9.17) is 0 Å². The smallest absolute Gasteiger partial charge is 0.135 e. The van der Waals surface area contributed by atoms with Crippen LogP contribution < -0.4 is 10.6 Å². The van der Waals surface area contributed by atoms with Crippen molar-refractivity contribution in [1.29, 1.82) is 0 Å². The number of aromatic nitrogens is 3. The summed E-state index contributed by atoms with van der Waals surface area (Å²) in [6.45, 7) is 7.92. The maximum atomic E-state index is 4.40. The van der Waals surface area contributed by atoms with E-state index in [0.29, 0.717) is 6.54 Å². The highest BCUT2D eigenvalue weighted by molar-refractivity contribution is 5.57. The van der Waals surface area contributed by atoms with Gasteiger partial charge in [0.15, 0.2) is 0 Å². The summed E-state index contributed by atoms with van der Waals surface area (Å²) in [4.78, 5) is 13.1. The van der Waals surface area contributed by atoms with Gasteiger partial charge in [0.05, 0.1) is 12.2 Å². The highest BCUT2D eigenvalue weighted by Gasteiger charge is 2.09. The average Bonchev–Trinajstić information content (AvgIpc) is 2.52. The molecule has 0 atom stereocenters. The summed E-state index contributed by atoms with van der Waals surface area (Å²) in [6.07, 6.45) is 5.38. The first-order chi connectivity index (χ1) is 10.3. The molecule has 0 unspecified atom stereocenters. The van der Waals surface area contributed by atoms with E-state index in [2.05, 4.69) is 52.4 Å². The molecule has 0 spiro atoms. The van der Waals surface area contributed by atoms with Crippen LogP contribution in [-0.2, 0) is 13.0 Å². The molecule has 0 saturated carbocycles. The Labute approximate surface area is 126 Å². The normalized spacial score (nSPS) is 10.4. The fourth-order valence-corrected chi connectivity index (χ4v) is 2.17. The average molecular weight is 285 g/mol. The summed E-state index contributed by atoms with van der Waals surface area (Å²) < 4.78 is 0. The lowest BCUT2D eigenvalue weighted by Gasteiger charge is -2.14. The maximum absolute atomic E-state index is 4.40. The van der Waals surface area contributed by atoms with Crippen LogP contribution in [0.4, 0.5) is 11.6 Å². The Bertz CT molecular complexity index is 583. The number of hydrogen-bond donors (Lipinski definition) is 2. The molecule has 0 bridgehead atoms. The molecular weight excluding hydrogens is 262 g/mol. The van der Waals surface area contributed by atoms with Gasteiger partial charge in [-0.25, -0.2) is 9.97 Å². The van der Waals surface area contributed by atoms with Crippen molar-refractivity contribution in [2.75, 3.05) is 17.2 Å². The minimum absolute atomic E-state index is 0.671. The predicted molar refractivity (Wildman–Crippen MR) is 86.5 cm³/mol. The van der Waals surface area contributed by atoms with Crippen molar-refractivity contribution in [3.8, 4) is 0 Å². The number of aryl methyl sites for hydroxylation is 1. The summed E-state index contributed by atoms with van der Waals surface area (Å²) in [7, 11) is 0. The molecule has 2 aromatic heterocycles. The highest BCUT2D eigenvalue weighted by Crippen LogP contribution is 2.21. The van der Waals surface area contributed by atoms with Gasteiger partial charge < -0.3 is 10.6 Å². The topological polar surface area (TPSA) is 62.7 Å². The molecule has 5 heteroatoms. The Hall–Kier alpha value is -2.17. The molecular formula is C16H23N5. The summed E-state index contributed by atoms with van der Waals surface area (Å²) in [6, 6.07) is 4.02. The molecule has 112 valence electrons. The van der Waals surface area contributed by atoms with Crippen molar-refractivity contribution in [2.45, 2.75) is 40.2 Å². The van der Waals surface area contributed by atoms with Crippen molar-refractivity contribution in [3.05, 3.63) is 41.5 Å². The minimum Gasteiger partial charge on any atom is -0.370 e. The second-order valence-electron chi connectivity index (χ2n) is 4.95. The van der Waals surface area contributed by atoms with E-state index in [1.165, 1.54) is 5.56 Å². The molecule has 0 aliphatic heterocycles. The number of nitrogens with zero attached hydrogens (tertiary/aromatic N) is 3. The number of anilines is 2. The summed E-state index contributed by atoms with van der Waals surface area (Å²) in [5.41, 5.74) is 3.35. The standard InChI is InChI=1S/C16H23N5/c1-4-8-18-15-13(5-2)16(21-11-20-15)19-10-14-12(3)7-6-9-17-14/h6-7,9,11H,4-5,8,10H2,1-3H3,(H2,18,19,20,21). The number of rotatable bonds is 7. The number of hydrogen-bond acceptors (Lipinski definition) is 5. The van der Waals surface area contributed by atoms with Gasteiger partial charge in [0, 0.05) is 18.3 Å². The summed E-state index contributed by atoms with van der Waals surface area (Å²) >= 11 is 0. The molecule has 2 heterocycles. The Balaban J connectivity index is 2.14. The van der Waals surface area contributed by atoms with Gasteiger partial charge in [0.1, 0.15) is 18.0 Å². The van der Waals surface area contributed by atoms with Crippen LogP contribution in [0.3, 0.4) is 0 Å². The van der Waals surface area contributed by atoms with Crippen molar-refractivity contribution in [2.24, 2.45) is 0 Å². The van der Waals surface area contributed by atoms with Crippen LogP contribution in [0.25, 0.3) is 0 Å². The Morgan fingerprint density at radius 2 is 1.81 bits per heavy atom. The van der Waals surface area contributed by atoms with Gasteiger partial charge in [-0.2, -0.15) is 0 Å². The lowest BCUT2D eigenvalue weighted by Crippen LogP contribution is -2.11. The monoisotopic (exact) mass is 285 g/mol. The summed E-state index contributed by atoms with van der Waals surface area (Å²) in [5.74, 6) is 1.81. The first kappa shape index (κ1) is 15.2.